The maximum Gasteiger partial charge on any atom is 0.146 e. The first-order valence-electron chi connectivity index (χ1n) is 7.11. The molecule has 106 valence electrons. The molecule has 20 heavy (non-hydrogen) atoms. The fraction of sp³-hybridized carbons (Fsp3) is 0.467. The van der Waals surface area contributed by atoms with Crippen molar-refractivity contribution in [1.29, 1.82) is 0 Å². The van der Waals surface area contributed by atoms with Gasteiger partial charge in [-0.25, -0.2) is 0 Å². The Labute approximate surface area is 119 Å². The molecule has 2 aromatic rings. The minimum atomic E-state index is 0.293. The summed E-state index contributed by atoms with van der Waals surface area (Å²) < 4.78 is 7.83. The Morgan fingerprint density at radius 3 is 3.10 bits per heavy atom. The van der Waals surface area contributed by atoms with E-state index in [1.165, 1.54) is 5.56 Å². The van der Waals surface area contributed by atoms with Crippen molar-refractivity contribution >= 4 is 0 Å². The van der Waals surface area contributed by atoms with Crippen molar-refractivity contribution in [2.45, 2.75) is 33.0 Å². The molecular weight excluding hydrogens is 252 g/mol. The Morgan fingerprint density at radius 1 is 1.40 bits per heavy atom. The molecule has 0 amide bonds. The molecule has 0 saturated heterocycles. The van der Waals surface area contributed by atoms with Gasteiger partial charge in [-0.05, 0) is 13.0 Å². The predicted octanol–water partition coefficient (Wildman–Crippen LogP) is 2.16. The Morgan fingerprint density at radius 2 is 2.25 bits per heavy atom. The molecule has 2 heterocycles. The zero-order valence-electron chi connectivity index (χ0n) is 11.9. The number of aromatic nitrogens is 3. The third-order valence-electron chi connectivity index (χ3n) is 3.84. The van der Waals surface area contributed by atoms with Gasteiger partial charge in [0.25, 0.3) is 0 Å². The molecule has 1 aliphatic rings. The lowest BCUT2D eigenvalue weighted by atomic mass is 9.92. The Bertz CT molecular complexity index is 581. The van der Waals surface area contributed by atoms with Crippen LogP contribution in [-0.2, 0) is 13.1 Å². The van der Waals surface area contributed by atoms with Gasteiger partial charge in [0.1, 0.15) is 17.9 Å². The first-order valence-corrected chi connectivity index (χ1v) is 7.11. The van der Waals surface area contributed by atoms with Gasteiger partial charge < -0.3 is 14.6 Å². The number of fused-ring (bicyclic) bond motifs is 1. The second kappa shape index (κ2) is 5.63. The monoisotopic (exact) mass is 272 g/mol. The van der Waals surface area contributed by atoms with Crippen LogP contribution in [0.4, 0.5) is 0 Å². The van der Waals surface area contributed by atoms with Gasteiger partial charge in [-0.15, -0.1) is 10.2 Å². The lowest BCUT2D eigenvalue weighted by molar-refractivity contribution is 0.187. The predicted molar refractivity (Wildman–Crippen MR) is 76.4 cm³/mol. The van der Waals surface area contributed by atoms with E-state index in [4.69, 9.17) is 4.74 Å². The molecule has 0 saturated carbocycles. The van der Waals surface area contributed by atoms with Crippen molar-refractivity contribution < 1.29 is 4.74 Å². The number of nitrogens with one attached hydrogen (secondary N) is 1. The summed E-state index contributed by atoms with van der Waals surface area (Å²) in [6.07, 6.45) is 1.78. The fourth-order valence-electron chi connectivity index (χ4n) is 2.69. The maximum atomic E-state index is 5.77. The second-order valence-electron chi connectivity index (χ2n) is 5.22. The maximum absolute atomic E-state index is 5.77. The van der Waals surface area contributed by atoms with Crippen LogP contribution in [-0.4, -0.2) is 21.4 Å². The molecule has 0 fully saturated rings. The molecule has 0 radical (unpaired) electrons. The van der Waals surface area contributed by atoms with E-state index in [1.807, 2.05) is 12.1 Å². The van der Waals surface area contributed by atoms with E-state index in [0.717, 1.165) is 31.3 Å². The van der Waals surface area contributed by atoms with Gasteiger partial charge in [0.05, 0.1) is 13.2 Å². The molecule has 1 N–H and O–H groups in total. The van der Waals surface area contributed by atoms with Crippen molar-refractivity contribution in [1.82, 2.24) is 20.1 Å². The quantitative estimate of drug-likeness (QED) is 0.926. The first-order chi connectivity index (χ1) is 9.79. The number of hydrogen-bond donors (Lipinski definition) is 1. The highest BCUT2D eigenvalue weighted by Gasteiger charge is 2.27. The zero-order chi connectivity index (χ0) is 13.9. The molecule has 1 aromatic heterocycles. The minimum Gasteiger partial charge on any atom is -0.493 e. The molecule has 3 rings (SSSR count). The smallest absolute Gasteiger partial charge is 0.146 e. The van der Waals surface area contributed by atoms with Crippen molar-refractivity contribution in [3.63, 3.8) is 0 Å². The number of para-hydroxylation sites is 1. The summed E-state index contributed by atoms with van der Waals surface area (Å²) in [5.41, 5.74) is 1.23. The number of aryl methyl sites for hydroxylation is 1. The number of benzene rings is 1. The summed E-state index contributed by atoms with van der Waals surface area (Å²) in [7, 11) is 0. The third kappa shape index (κ3) is 2.41. The van der Waals surface area contributed by atoms with Crippen molar-refractivity contribution in [3.05, 3.63) is 42.0 Å². The van der Waals surface area contributed by atoms with E-state index in [-0.39, 0.29) is 0 Å². The van der Waals surface area contributed by atoms with Crippen LogP contribution in [0.2, 0.25) is 0 Å². The third-order valence-corrected chi connectivity index (χ3v) is 3.84. The number of rotatable bonds is 4. The molecule has 2 unspecified atom stereocenters. The van der Waals surface area contributed by atoms with E-state index in [0.29, 0.717) is 12.0 Å². The summed E-state index contributed by atoms with van der Waals surface area (Å²) >= 11 is 0. The lowest BCUT2D eigenvalue weighted by Gasteiger charge is -2.32. The molecule has 5 nitrogen and oxygen atoms in total. The molecule has 1 aliphatic heterocycles. The minimum absolute atomic E-state index is 0.293. The molecule has 0 aliphatic carbocycles. The highest BCUT2D eigenvalue weighted by Crippen LogP contribution is 2.34. The van der Waals surface area contributed by atoms with E-state index in [1.54, 1.807) is 6.33 Å². The summed E-state index contributed by atoms with van der Waals surface area (Å²) in [6.45, 7) is 6.66. The van der Waals surface area contributed by atoms with E-state index >= 15 is 0 Å². The van der Waals surface area contributed by atoms with Gasteiger partial charge in [-0.2, -0.15) is 0 Å². The average molecular weight is 272 g/mol. The van der Waals surface area contributed by atoms with Crippen LogP contribution in [0, 0.1) is 5.92 Å². The van der Waals surface area contributed by atoms with Crippen LogP contribution >= 0.6 is 0 Å². The second-order valence-corrected chi connectivity index (χ2v) is 5.22. The van der Waals surface area contributed by atoms with Gasteiger partial charge in [0.2, 0.25) is 0 Å². The van der Waals surface area contributed by atoms with Crippen LogP contribution in [0.25, 0.3) is 0 Å². The average Bonchev–Trinajstić information content (AvgIpc) is 2.94. The molecule has 2 atom stereocenters. The Hall–Kier alpha value is -1.88. The lowest BCUT2D eigenvalue weighted by Crippen LogP contribution is -2.34. The van der Waals surface area contributed by atoms with Gasteiger partial charge >= 0.3 is 0 Å². The topological polar surface area (TPSA) is 52.0 Å². The van der Waals surface area contributed by atoms with Crippen molar-refractivity contribution in [2.24, 2.45) is 5.92 Å². The van der Waals surface area contributed by atoms with Crippen LogP contribution in [0.3, 0.4) is 0 Å². The molecule has 0 spiro atoms. The van der Waals surface area contributed by atoms with Crippen LogP contribution in [0.5, 0.6) is 5.75 Å². The fourth-order valence-corrected chi connectivity index (χ4v) is 2.69. The van der Waals surface area contributed by atoms with E-state index in [9.17, 15) is 0 Å². The van der Waals surface area contributed by atoms with Gasteiger partial charge in [-0.3, -0.25) is 0 Å². The van der Waals surface area contributed by atoms with Crippen molar-refractivity contribution in [3.8, 4) is 5.75 Å². The molecule has 0 bridgehead atoms. The van der Waals surface area contributed by atoms with Gasteiger partial charge in [0.15, 0.2) is 0 Å². The molecule has 5 heteroatoms. The zero-order valence-corrected chi connectivity index (χ0v) is 11.9. The first kappa shape index (κ1) is 13.1. The number of nitrogens with zero attached hydrogens (tertiary/aromatic N) is 3. The van der Waals surface area contributed by atoms with Gasteiger partial charge in [-0.1, -0.05) is 25.1 Å². The Balaban J connectivity index is 1.77. The molecular formula is C15H20N4O. The normalized spacial score (nSPS) is 21.3. The SMILES string of the molecule is CCn1cnnc1CNC1c2ccccc2OCC1C. The highest BCUT2D eigenvalue weighted by molar-refractivity contribution is 5.37. The van der Waals surface area contributed by atoms with Crippen LogP contribution in [0.1, 0.15) is 31.3 Å². The summed E-state index contributed by atoms with van der Waals surface area (Å²) in [4.78, 5) is 0. The Kier molecular flexibility index (Phi) is 3.69. The largest absolute Gasteiger partial charge is 0.493 e. The van der Waals surface area contributed by atoms with Crippen LogP contribution in [0.15, 0.2) is 30.6 Å². The van der Waals surface area contributed by atoms with Gasteiger partial charge in [0, 0.05) is 24.1 Å². The highest BCUT2D eigenvalue weighted by atomic mass is 16.5. The van der Waals surface area contributed by atoms with E-state index < -0.39 is 0 Å². The van der Waals surface area contributed by atoms with Crippen LogP contribution < -0.4 is 10.1 Å². The summed E-state index contributed by atoms with van der Waals surface area (Å²) in [6, 6.07) is 8.53. The standard InChI is InChI=1S/C15H20N4O/c1-3-19-10-17-18-14(19)8-16-15-11(2)9-20-13-7-5-4-6-12(13)15/h4-7,10-11,15-16H,3,8-9H2,1-2H3. The number of hydrogen-bond acceptors (Lipinski definition) is 4. The number of ether oxygens (including phenoxy) is 1. The summed E-state index contributed by atoms with van der Waals surface area (Å²) in [5.74, 6) is 2.40. The van der Waals surface area contributed by atoms with E-state index in [2.05, 4.69) is 46.1 Å². The molecule has 1 aromatic carbocycles. The van der Waals surface area contributed by atoms with Crippen molar-refractivity contribution in [2.75, 3.05) is 6.61 Å². The summed E-state index contributed by atoms with van der Waals surface area (Å²) in [5, 5.41) is 11.7.